The Kier molecular flexibility index (Phi) is 6.49. The van der Waals surface area contributed by atoms with Crippen LogP contribution >= 0.6 is 0 Å². The fourth-order valence-corrected chi connectivity index (χ4v) is 7.48. The summed E-state index contributed by atoms with van der Waals surface area (Å²) in [5.41, 5.74) is 12.3. The van der Waals surface area contributed by atoms with Gasteiger partial charge in [-0.3, -0.25) is 4.40 Å². The molecule has 0 bridgehead atoms. The zero-order chi connectivity index (χ0) is 33.0. The Bertz CT molecular complexity index is 2750. The van der Waals surface area contributed by atoms with Gasteiger partial charge in [0.25, 0.3) is 0 Å². The van der Waals surface area contributed by atoms with E-state index < -0.39 is 0 Å². The van der Waals surface area contributed by atoms with E-state index in [4.69, 9.17) is 4.98 Å². The minimum atomic E-state index is 0.975. The highest BCUT2D eigenvalue weighted by molar-refractivity contribution is 6.18. The van der Waals surface area contributed by atoms with Crippen LogP contribution in [0.25, 0.3) is 71.4 Å². The first kappa shape index (κ1) is 28.3. The number of aromatic nitrogens is 2. The van der Waals surface area contributed by atoms with Gasteiger partial charge in [-0.05, 0) is 99.1 Å². The molecule has 0 aliphatic carbocycles. The Labute approximate surface area is 289 Å². The van der Waals surface area contributed by atoms with Gasteiger partial charge in [0.2, 0.25) is 0 Å². The SMILES string of the molecule is c1ccc(-c2ccc(N(c3ccc(-c4ccccc4)cc3)c3ccc4c5cc6ccccc6cc5c5nc6ccccc6n5c4c3)cc2)cc1. The summed E-state index contributed by atoms with van der Waals surface area (Å²) in [5, 5.41) is 6.01. The smallest absolute Gasteiger partial charge is 0.146 e. The largest absolute Gasteiger partial charge is 0.310 e. The summed E-state index contributed by atoms with van der Waals surface area (Å²) in [4.78, 5) is 7.58. The van der Waals surface area contributed by atoms with Gasteiger partial charge in [0.1, 0.15) is 5.65 Å². The van der Waals surface area contributed by atoms with Crippen LogP contribution in [0.5, 0.6) is 0 Å². The fraction of sp³-hybridized carbons (Fsp3) is 0. The molecule has 0 amide bonds. The minimum Gasteiger partial charge on any atom is -0.310 e. The molecule has 2 aromatic heterocycles. The standard InChI is InChI=1S/C47H31N3/c1-3-11-32(12-4-1)34-19-23-38(24-20-34)49(39-25-21-35(22-26-39)33-13-5-2-6-14-33)40-27-28-41-42-29-36-15-7-8-16-37(36)30-43(42)47-48-44-17-9-10-18-45(44)50(47)46(41)31-40/h1-31H. The van der Waals surface area contributed by atoms with Crippen molar-refractivity contribution in [2.45, 2.75) is 0 Å². The quantitative estimate of drug-likeness (QED) is 0.138. The van der Waals surface area contributed by atoms with Gasteiger partial charge in [0.15, 0.2) is 0 Å². The molecule has 0 saturated heterocycles. The molecule has 0 saturated carbocycles. The number of imidazole rings is 1. The van der Waals surface area contributed by atoms with Crippen LogP contribution in [0, 0.1) is 0 Å². The molecule has 2 heterocycles. The average molecular weight is 638 g/mol. The van der Waals surface area contributed by atoms with Crippen molar-refractivity contribution < 1.29 is 0 Å². The predicted molar refractivity (Wildman–Crippen MR) is 211 cm³/mol. The molecular weight excluding hydrogens is 607 g/mol. The van der Waals surface area contributed by atoms with Crippen molar-refractivity contribution >= 4 is 66.2 Å². The zero-order valence-corrected chi connectivity index (χ0v) is 27.2. The highest BCUT2D eigenvalue weighted by atomic mass is 15.1. The Hall–Kier alpha value is -6.71. The maximum absolute atomic E-state index is 5.22. The predicted octanol–water partition coefficient (Wildman–Crippen LogP) is 12.8. The second-order valence-corrected chi connectivity index (χ2v) is 12.9. The van der Waals surface area contributed by atoms with Crippen molar-refractivity contribution in [2.75, 3.05) is 4.90 Å². The summed E-state index contributed by atoms with van der Waals surface area (Å²) in [6.07, 6.45) is 0. The Morgan fingerprint density at radius 3 is 1.48 bits per heavy atom. The lowest BCUT2D eigenvalue weighted by Crippen LogP contribution is -2.10. The van der Waals surface area contributed by atoms with E-state index in [1.807, 2.05) is 0 Å². The van der Waals surface area contributed by atoms with Gasteiger partial charge in [-0.1, -0.05) is 127 Å². The number of rotatable bonds is 5. The van der Waals surface area contributed by atoms with E-state index in [1.54, 1.807) is 0 Å². The number of hydrogen-bond acceptors (Lipinski definition) is 2. The summed E-state index contributed by atoms with van der Waals surface area (Å²) in [7, 11) is 0. The first-order valence-electron chi connectivity index (χ1n) is 17.1. The summed E-state index contributed by atoms with van der Waals surface area (Å²) < 4.78 is 2.35. The van der Waals surface area contributed by atoms with Crippen molar-refractivity contribution in [3.05, 3.63) is 188 Å². The van der Waals surface area contributed by atoms with Gasteiger partial charge in [0.05, 0.1) is 16.6 Å². The summed E-state index contributed by atoms with van der Waals surface area (Å²) in [6.45, 7) is 0. The van der Waals surface area contributed by atoms with E-state index in [2.05, 4.69) is 197 Å². The molecule has 0 N–H and O–H groups in total. The molecule has 3 nitrogen and oxygen atoms in total. The molecule has 10 aromatic rings. The number of benzene rings is 8. The molecule has 10 rings (SSSR count). The monoisotopic (exact) mass is 637 g/mol. The van der Waals surface area contributed by atoms with Crippen molar-refractivity contribution in [1.29, 1.82) is 0 Å². The second-order valence-electron chi connectivity index (χ2n) is 12.9. The topological polar surface area (TPSA) is 20.5 Å². The van der Waals surface area contributed by atoms with Crippen LogP contribution in [0.2, 0.25) is 0 Å². The average Bonchev–Trinajstić information content (AvgIpc) is 3.59. The second kappa shape index (κ2) is 11.5. The zero-order valence-electron chi connectivity index (χ0n) is 27.2. The molecule has 0 unspecified atom stereocenters. The fourth-order valence-electron chi connectivity index (χ4n) is 7.48. The first-order valence-corrected chi connectivity index (χ1v) is 17.1. The van der Waals surface area contributed by atoms with Gasteiger partial charge < -0.3 is 4.90 Å². The van der Waals surface area contributed by atoms with Crippen LogP contribution in [-0.4, -0.2) is 9.38 Å². The van der Waals surface area contributed by atoms with E-state index in [0.29, 0.717) is 0 Å². The third kappa shape index (κ3) is 4.63. The number of nitrogens with zero attached hydrogens (tertiary/aromatic N) is 3. The molecule has 0 radical (unpaired) electrons. The molecule has 0 atom stereocenters. The van der Waals surface area contributed by atoms with Gasteiger partial charge in [-0.2, -0.15) is 0 Å². The molecule has 234 valence electrons. The maximum Gasteiger partial charge on any atom is 0.146 e. The molecule has 0 fully saturated rings. The number of anilines is 3. The van der Waals surface area contributed by atoms with Crippen LogP contribution < -0.4 is 4.90 Å². The highest BCUT2D eigenvalue weighted by Crippen LogP contribution is 2.41. The minimum absolute atomic E-state index is 0.975. The van der Waals surface area contributed by atoms with Gasteiger partial charge in [-0.25, -0.2) is 4.98 Å². The molecule has 50 heavy (non-hydrogen) atoms. The maximum atomic E-state index is 5.22. The van der Waals surface area contributed by atoms with Gasteiger partial charge in [-0.15, -0.1) is 0 Å². The van der Waals surface area contributed by atoms with Crippen molar-refractivity contribution in [1.82, 2.24) is 9.38 Å². The van der Waals surface area contributed by atoms with Crippen LogP contribution in [0.4, 0.5) is 17.1 Å². The Balaban J connectivity index is 1.21. The summed E-state index contributed by atoms with van der Waals surface area (Å²) in [6, 6.07) is 67.5. The van der Waals surface area contributed by atoms with Crippen molar-refractivity contribution in [3.8, 4) is 22.3 Å². The third-order valence-corrected chi connectivity index (χ3v) is 9.92. The molecule has 0 spiro atoms. The van der Waals surface area contributed by atoms with E-state index in [0.717, 1.165) is 44.6 Å². The molecular formula is C47H31N3. The van der Waals surface area contributed by atoms with Gasteiger partial charge >= 0.3 is 0 Å². The number of hydrogen-bond donors (Lipinski definition) is 0. The first-order chi connectivity index (χ1) is 24.8. The van der Waals surface area contributed by atoms with E-state index >= 15 is 0 Å². The molecule has 8 aromatic carbocycles. The Morgan fingerprint density at radius 2 is 0.860 bits per heavy atom. The Morgan fingerprint density at radius 1 is 0.360 bits per heavy atom. The van der Waals surface area contributed by atoms with Crippen LogP contribution in [0.1, 0.15) is 0 Å². The molecule has 0 aliphatic heterocycles. The third-order valence-electron chi connectivity index (χ3n) is 9.92. The van der Waals surface area contributed by atoms with E-state index in [9.17, 15) is 0 Å². The number of para-hydroxylation sites is 2. The lowest BCUT2D eigenvalue weighted by Gasteiger charge is -2.26. The molecule has 0 aliphatic rings. The number of fused-ring (bicyclic) bond motifs is 9. The van der Waals surface area contributed by atoms with Crippen LogP contribution in [0.3, 0.4) is 0 Å². The lowest BCUT2D eigenvalue weighted by molar-refractivity contribution is 1.27. The van der Waals surface area contributed by atoms with Crippen molar-refractivity contribution in [2.24, 2.45) is 0 Å². The number of pyridine rings is 1. The normalized spacial score (nSPS) is 11.6. The van der Waals surface area contributed by atoms with Crippen molar-refractivity contribution in [3.63, 3.8) is 0 Å². The van der Waals surface area contributed by atoms with Crippen LogP contribution in [0.15, 0.2) is 188 Å². The van der Waals surface area contributed by atoms with E-state index in [1.165, 1.54) is 43.8 Å². The van der Waals surface area contributed by atoms with E-state index in [-0.39, 0.29) is 0 Å². The van der Waals surface area contributed by atoms with Crippen LogP contribution in [-0.2, 0) is 0 Å². The van der Waals surface area contributed by atoms with Gasteiger partial charge in [0, 0.05) is 27.8 Å². The highest BCUT2D eigenvalue weighted by Gasteiger charge is 2.18. The summed E-state index contributed by atoms with van der Waals surface area (Å²) in [5.74, 6) is 0. The molecule has 3 heteroatoms. The summed E-state index contributed by atoms with van der Waals surface area (Å²) >= 11 is 0. The lowest BCUT2D eigenvalue weighted by atomic mass is 10.00.